The number of ketones is 1. The Labute approximate surface area is 159 Å². The molecule has 1 N–H and O–H groups in total. The average Bonchev–Trinajstić information content (AvgIpc) is 2.55. The number of hydrogen-bond donors (Lipinski definition) is 1. The molecule has 2 aliphatic rings. The van der Waals surface area contributed by atoms with E-state index in [4.69, 9.17) is 14.6 Å². The zero-order chi connectivity index (χ0) is 20.4. The van der Waals surface area contributed by atoms with Gasteiger partial charge in [-0.05, 0) is 37.0 Å². The molecule has 0 bridgehead atoms. The van der Waals surface area contributed by atoms with Crippen LogP contribution in [-0.2, 0) is 28.7 Å². The molecule has 7 nitrogen and oxygen atoms in total. The first kappa shape index (κ1) is 21.4. The fourth-order valence-electron chi connectivity index (χ4n) is 5.43. The molecule has 0 radical (unpaired) electrons. The van der Waals surface area contributed by atoms with Gasteiger partial charge in [0, 0.05) is 38.0 Å². The standard InChI is InChI=1S/C20H30O7/c1-12(21)26-11-20(4)16-7-6-15(23)14(5-8-18(24)25)19(16,3)10-9-17(20)27-13(2)22/h14,16-17H,5-11H2,1-4H3,(H,24,25)/t14-,16+,17-,19+,20+/m1/s1. The predicted molar refractivity (Wildman–Crippen MR) is 95.7 cm³/mol. The number of esters is 2. The van der Waals surface area contributed by atoms with Crippen LogP contribution in [0.15, 0.2) is 0 Å². The van der Waals surface area contributed by atoms with Crippen molar-refractivity contribution >= 4 is 23.7 Å². The van der Waals surface area contributed by atoms with Gasteiger partial charge in [-0.15, -0.1) is 0 Å². The lowest BCUT2D eigenvalue weighted by molar-refractivity contribution is -0.197. The lowest BCUT2D eigenvalue weighted by Crippen LogP contribution is -2.60. The first-order valence-electron chi connectivity index (χ1n) is 9.56. The van der Waals surface area contributed by atoms with Gasteiger partial charge in [-0.3, -0.25) is 19.2 Å². The molecule has 0 amide bonds. The van der Waals surface area contributed by atoms with Crippen LogP contribution in [0.5, 0.6) is 0 Å². The first-order chi connectivity index (χ1) is 12.5. The van der Waals surface area contributed by atoms with Gasteiger partial charge in [0.25, 0.3) is 0 Å². The van der Waals surface area contributed by atoms with E-state index in [1.54, 1.807) is 0 Å². The molecule has 0 aliphatic heterocycles. The minimum atomic E-state index is -0.912. The van der Waals surface area contributed by atoms with Gasteiger partial charge >= 0.3 is 17.9 Å². The van der Waals surface area contributed by atoms with Crippen LogP contribution >= 0.6 is 0 Å². The summed E-state index contributed by atoms with van der Waals surface area (Å²) in [6, 6.07) is 0. The normalized spacial score (nSPS) is 35.9. The molecule has 2 fully saturated rings. The smallest absolute Gasteiger partial charge is 0.303 e. The fraction of sp³-hybridized carbons (Fsp3) is 0.800. The molecule has 0 unspecified atom stereocenters. The van der Waals surface area contributed by atoms with Crippen molar-refractivity contribution in [1.82, 2.24) is 0 Å². The van der Waals surface area contributed by atoms with Crippen LogP contribution in [0.2, 0.25) is 0 Å². The van der Waals surface area contributed by atoms with Gasteiger partial charge in [0.05, 0.1) is 0 Å². The van der Waals surface area contributed by atoms with Gasteiger partial charge in [0.15, 0.2) is 0 Å². The van der Waals surface area contributed by atoms with Crippen molar-refractivity contribution in [3.05, 3.63) is 0 Å². The number of Topliss-reactive ketones (excluding diaryl/α,β-unsaturated/α-hetero) is 1. The highest BCUT2D eigenvalue weighted by Gasteiger charge is 2.60. The monoisotopic (exact) mass is 382 g/mol. The van der Waals surface area contributed by atoms with Crippen molar-refractivity contribution in [2.75, 3.05) is 6.61 Å². The predicted octanol–water partition coefficient (Wildman–Crippen LogP) is 2.75. The van der Waals surface area contributed by atoms with Gasteiger partial charge in [-0.2, -0.15) is 0 Å². The number of aliphatic carboxylic acids is 1. The van der Waals surface area contributed by atoms with Crippen LogP contribution in [0.25, 0.3) is 0 Å². The Morgan fingerprint density at radius 3 is 2.37 bits per heavy atom. The van der Waals surface area contributed by atoms with Gasteiger partial charge < -0.3 is 14.6 Å². The van der Waals surface area contributed by atoms with Crippen molar-refractivity contribution in [3.63, 3.8) is 0 Å². The van der Waals surface area contributed by atoms with E-state index in [9.17, 15) is 19.2 Å². The molecule has 5 atom stereocenters. The van der Waals surface area contributed by atoms with Crippen molar-refractivity contribution in [1.29, 1.82) is 0 Å². The Hall–Kier alpha value is -1.92. The third-order valence-corrected chi connectivity index (χ3v) is 6.68. The number of carboxylic acids is 1. The van der Waals surface area contributed by atoms with Crippen molar-refractivity contribution < 1.29 is 33.8 Å². The van der Waals surface area contributed by atoms with E-state index in [-0.39, 0.29) is 36.6 Å². The molecule has 0 aromatic rings. The largest absolute Gasteiger partial charge is 0.481 e. The quantitative estimate of drug-likeness (QED) is 0.704. The number of ether oxygens (including phenoxy) is 2. The molecule has 0 aromatic heterocycles. The zero-order valence-electron chi connectivity index (χ0n) is 16.6. The molecule has 2 saturated carbocycles. The Morgan fingerprint density at radius 1 is 1.15 bits per heavy atom. The molecular formula is C20H30O7. The maximum atomic E-state index is 12.6. The lowest BCUT2D eigenvalue weighted by atomic mass is 9.46. The molecule has 2 aliphatic carbocycles. The second-order valence-corrected chi connectivity index (χ2v) is 8.47. The molecule has 152 valence electrons. The van der Waals surface area contributed by atoms with Crippen LogP contribution in [0.4, 0.5) is 0 Å². The summed E-state index contributed by atoms with van der Waals surface area (Å²) < 4.78 is 10.9. The number of carbonyl (C=O) groups excluding carboxylic acids is 3. The van der Waals surface area contributed by atoms with Crippen LogP contribution in [-0.4, -0.2) is 41.5 Å². The summed E-state index contributed by atoms with van der Waals surface area (Å²) in [6.07, 6.45) is 2.07. The summed E-state index contributed by atoms with van der Waals surface area (Å²) in [7, 11) is 0. The summed E-state index contributed by atoms with van der Waals surface area (Å²) in [4.78, 5) is 46.8. The molecular weight excluding hydrogens is 352 g/mol. The highest BCUT2D eigenvalue weighted by molar-refractivity contribution is 5.83. The maximum Gasteiger partial charge on any atom is 0.303 e. The first-order valence-corrected chi connectivity index (χ1v) is 9.56. The van der Waals surface area contributed by atoms with Crippen LogP contribution in [0.1, 0.15) is 66.2 Å². The SMILES string of the molecule is CC(=O)OC[C@@]1(C)[C@H]2CCC(=O)[C@@H](CCC(=O)O)[C@]2(C)CC[C@H]1OC(C)=O. The van der Waals surface area contributed by atoms with Gasteiger partial charge in [0.2, 0.25) is 0 Å². The Balaban J connectivity index is 2.37. The number of carbonyl (C=O) groups is 4. The lowest BCUT2D eigenvalue weighted by Gasteiger charge is -2.59. The minimum absolute atomic E-state index is 0.0149. The molecule has 0 aromatic carbocycles. The Morgan fingerprint density at radius 2 is 1.81 bits per heavy atom. The number of fused-ring (bicyclic) bond motifs is 1. The van der Waals surface area contributed by atoms with E-state index in [1.807, 2.05) is 13.8 Å². The summed E-state index contributed by atoms with van der Waals surface area (Å²) in [5.41, 5.74) is -1.02. The minimum Gasteiger partial charge on any atom is -0.481 e. The van der Waals surface area contributed by atoms with Crippen molar-refractivity contribution in [2.45, 2.75) is 72.3 Å². The van der Waals surface area contributed by atoms with Gasteiger partial charge in [-0.25, -0.2) is 0 Å². The summed E-state index contributed by atoms with van der Waals surface area (Å²) >= 11 is 0. The third kappa shape index (κ3) is 4.33. The van der Waals surface area contributed by atoms with Crippen molar-refractivity contribution in [3.8, 4) is 0 Å². The van der Waals surface area contributed by atoms with E-state index in [0.717, 1.165) is 0 Å². The average molecular weight is 382 g/mol. The Bertz CT molecular complexity index is 628. The summed E-state index contributed by atoms with van der Waals surface area (Å²) in [6.45, 7) is 6.81. The third-order valence-electron chi connectivity index (χ3n) is 6.68. The fourth-order valence-corrected chi connectivity index (χ4v) is 5.43. The van der Waals surface area contributed by atoms with E-state index in [1.165, 1.54) is 13.8 Å². The van der Waals surface area contributed by atoms with Crippen LogP contribution in [0, 0.1) is 22.7 Å². The van der Waals surface area contributed by atoms with E-state index in [2.05, 4.69) is 0 Å². The van der Waals surface area contributed by atoms with E-state index < -0.39 is 28.9 Å². The second kappa shape index (κ2) is 7.98. The molecule has 7 heteroatoms. The molecule has 27 heavy (non-hydrogen) atoms. The molecule has 0 spiro atoms. The van der Waals surface area contributed by atoms with Crippen LogP contribution < -0.4 is 0 Å². The summed E-state index contributed by atoms with van der Waals surface area (Å²) in [5, 5.41) is 9.07. The molecule has 2 rings (SSSR count). The van der Waals surface area contributed by atoms with Gasteiger partial charge in [-0.1, -0.05) is 13.8 Å². The van der Waals surface area contributed by atoms with Gasteiger partial charge in [0.1, 0.15) is 18.5 Å². The van der Waals surface area contributed by atoms with Crippen molar-refractivity contribution in [2.24, 2.45) is 22.7 Å². The number of hydrogen-bond acceptors (Lipinski definition) is 6. The second-order valence-electron chi connectivity index (χ2n) is 8.47. The topological polar surface area (TPSA) is 107 Å². The van der Waals surface area contributed by atoms with E-state index in [0.29, 0.717) is 32.1 Å². The molecule has 0 saturated heterocycles. The number of carboxylic acid groups (broad SMARTS) is 1. The maximum absolute atomic E-state index is 12.6. The molecule has 0 heterocycles. The number of rotatable bonds is 6. The van der Waals surface area contributed by atoms with Crippen LogP contribution in [0.3, 0.4) is 0 Å². The summed E-state index contributed by atoms with van der Waals surface area (Å²) in [5.74, 6) is -1.95. The zero-order valence-corrected chi connectivity index (χ0v) is 16.6. The van der Waals surface area contributed by atoms with E-state index >= 15 is 0 Å². The Kier molecular flexibility index (Phi) is 6.32. The highest BCUT2D eigenvalue weighted by atomic mass is 16.6. The highest BCUT2D eigenvalue weighted by Crippen LogP contribution is 2.60.